The number of rotatable bonds is 4. The van der Waals surface area contributed by atoms with Gasteiger partial charge in [0.15, 0.2) is 5.76 Å². The molecule has 5 nitrogen and oxygen atoms in total. The number of anilines is 1. The normalized spacial score (nSPS) is 12.0. The molecule has 134 valence electrons. The van der Waals surface area contributed by atoms with Crippen molar-refractivity contribution in [3.05, 3.63) is 71.4 Å². The quantitative estimate of drug-likeness (QED) is 0.698. The third kappa shape index (κ3) is 3.15. The Bertz CT molecular complexity index is 955. The van der Waals surface area contributed by atoms with Crippen molar-refractivity contribution < 1.29 is 23.2 Å². The molecule has 0 radical (unpaired) electrons. The van der Waals surface area contributed by atoms with Crippen LogP contribution in [-0.4, -0.2) is 16.4 Å². The zero-order valence-corrected chi connectivity index (χ0v) is 14.1. The van der Waals surface area contributed by atoms with Gasteiger partial charge in [-0.3, -0.25) is 4.90 Å². The molecule has 1 aromatic heterocycles. The molecule has 7 heteroatoms. The second kappa shape index (κ2) is 6.95. The minimum atomic E-state index is -1.30. The van der Waals surface area contributed by atoms with Gasteiger partial charge < -0.3 is 9.63 Å². The molecule has 0 fully saturated rings. The summed E-state index contributed by atoms with van der Waals surface area (Å²) >= 11 is 0. The highest BCUT2D eigenvalue weighted by atomic mass is 19.1. The van der Waals surface area contributed by atoms with Crippen LogP contribution in [0.4, 0.5) is 19.3 Å². The first-order valence-corrected chi connectivity index (χ1v) is 7.89. The molecule has 1 heterocycles. The number of hydrogen-bond donors (Lipinski definition) is 1. The highest BCUT2D eigenvalue weighted by Gasteiger charge is 2.31. The Morgan fingerprint density at radius 1 is 1.19 bits per heavy atom. The summed E-state index contributed by atoms with van der Waals surface area (Å²) in [5, 5.41) is 13.6. The lowest BCUT2D eigenvalue weighted by atomic mass is 10.0. The Hall–Kier alpha value is -3.22. The highest BCUT2D eigenvalue weighted by molar-refractivity contribution is 5.93. The van der Waals surface area contributed by atoms with Crippen LogP contribution < -0.4 is 4.90 Å². The zero-order valence-electron chi connectivity index (χ0n) is 14.1. The van der Waals surface area contributed by atoms with Gasteiger partial charge in [-0.15, -0.1) is 0 Å². The van der Waals surface area contributed by atoms with Crippen LogP contribution in [0.5, 0.6) is 0 Å². The van der Waals surface area contributed by atoms with E-state index in [0.717, 1.165) is 4.90 Å². The van der Waals surface area contributed by atoms with Crippen molar-refractivity contribution in [2.75, 3.05) is 4.90 Å². The number of aryl methyl sites for hydroxylation is 1. The summed E-state index contributed by atoms with van der Waals surface area (Å²) in [7, 11) is 0. The molecule has 1 amide bonds. The van der Waals surface area contributed by atoms with Crippen molar-refractivity contribution >= 4 is 11.8 Å². The number of halogens is 2. The maximum absolute atomic E-state index is 14.2. The molecule has 0 bridgehead atoms. The van der Waals surface area contributed by atoms with Crippen LogP contribution in [0.25, 0.3) is 11.3 Å². The van der Waals surface area contributed by atoms with Crippen molar-refractivity contribution in [2.24, 2.45) is 0 Å². The number of amides is 1. The average Bonchev–Trinajstić information content (AvgIpc) is 2.96. The van der Waals surface area contributed by atoms with Crippen LogP contribution in [0.1, 0.15) is 24.2 Å². The average molecular weight is 358 g/mol. The molecule has 26 heavy (non-hydrogen) atoms. The Labute approximate surface area is 148 Å². The first kappa shape index (κ1) is 17.6. The van der Waals surface area contributed by atoms with E-state index in [2.05, 4.69) is 5.16 Å². The molecule has 0 aliphatic heterocycles. The van der Waals surface area contributed by atoms with E-state index in [1.165, 1.54) is 36.4 Å². The van der Waals surface area contributed by atoms with Crippen LogP contribution >= 0.6 is 0 Å². The van der Waals surface area contributed by atoms with Gasteiger partial charge in [0.05, 0.1) is 6.04 Å². The highest BCUT2D eigenvalue weighted by Crippen LogP contribution is 2.38. The van der Waals surface area contributed by atoms with Gasteiger partial charge in [0.1, 0.15) is 23.0 Å². The monoisotopic (exact) mass is 358 g/mol. The lowest BCUT2D eigenvalue weighted by Gasteiger charge is -2.27. The van der Waals surface area contributed by atoms with E-state index in [1.807, 2.05) is 0 Å². The van der Waals surface area contributed by atoms with Gasteiger partial charge in [-0.2, -0.15) is 0 Å². The molecule has 0 saturated heterocycles. The second-order valence-corrected chi connectivity index (χ2v) is 5.81. The minimum Gasteiger partial charge on any atom is -0.465 e. The van der Waals surface area contributed by atoms with Gasteiger partial charge in [0, 0.05) is 11.1 Å². The van der Waals surface area contributed by atoms with Crippen molar-refractivity contribution in [3.8, 4) is 11.3 Å². The van der Waals surface area contributed by atoms with E-state index in [4.69, 9.17) is 4.52 Å². The van der Waals surface area contributed by atoms with E-state index in [-0.39, 0.29) is 17.0 Å². The van der Waals surface area contributed by atoms with Gasteiger partial charge in [0.2, 0.25) is 0 Å². The molecule has 0 aliphatic carbocycles. The largest absolute Gasteiger partial charge is 0.465 e. The molecule has 2 aromatic carbocycles. The fourth-order valence-electron chi connectivity index (χ4n) is 2.88. The first-order chi connectivity index (χ1) is 12.4. The number of benzene rings is 2. The van der Waals surface area contributed by atoms with Crippen LogP contribution in [0, 0.1) is 18.6 Å². The van der Waals surface area contributed by atoms with E-state index < -0.39 is 23.8 Å². The molecule has 3 aromatic rings. The van der Waals surface area contributed by atoms with E-state index >= 15 is 0 Å². The van der Waals surface area contributed by atoms with Crippen LogP contribution in [0.15, 0.2) is 53.1 Å². The fourth-order valence-corrected chi connectivity index (χ4v) is 2.88. The molecule has 1 atom stereocenters. The summed E-state index contributed by atoms with van der Waals surface area (Å²) in [6.07, 6.45) is -1.30. The van der Waals surface area contributed by atoms with Crippen LogP contribution in [0.3, 0.4) is 0 Å². The third-order valence-corrected chi connectivity index (χ3v) is 4.11. The molecule has 0 spiro atoms. The second-order valence-electron chi connectivity index (χ2n) is 5.81. The maximum atomic E-state index is 14.2. The number of aromatic nitrogens is 1. The number of carbonyl (C=O) groups is 1. The zero-order chi connectivity index (χ0) is 18.8. The van der Waals surface area contributed by atoms with E-state index in [9.17, 15) is 18.7 Å². The Balaban J connectivity index is 2.14. The predicted molar refractivity (Wildman–Crippen MR) is 92.0 cm³/mol. The van der Waals surface area contributed by atoms with Crippen molar-refractivity contribution in [1.29, 1.82) is 0 Å². The lowest BCUT2D eigenvalue weighted by Crippen LogP contribution is -2.33. The van der Waals surface area contributed by atoms with Crippen molar-refractivity contribution in [2.45, 2.75) is 19.9 Å². The SMILES string of the molecule is Cc1noc(-c2cccc(F)c2)c1N(C(=O)O)C(C)c1ccccc1F. The summed E-state index contributed by atoms with van der Waals surface area (Å²) in [4.78, 5) is 13.0. The number of carboxylic acid groups (broad SMARTS) is 1. The summed E-state index contributed by atoms with van der Waals surface area (Å²) in [6.45, 7) is 3.14. The lowest BCUT2D eigenvalue weighted by molar-refractivity contribution is 0.199. The summed E-state index contributed by atoms with van der Waals surface area (Å²) in [5.74, 6) is -0.910. The van der Waals surface area contributed by atoms with Crippen LogP contribution in [0.2, 0.25) is 0 Å². The van der Waals surface area contributed by atoms with Gasteiger partial charge in [-0.05, 0) is 32.0 Å². The topological polar surface area (TPSA) is 66.6 Å². The molecule has 1 N–H and O–H groups in total. The minimum absolute atomic E-state index is 0.104. The summed E-state index contributed by atoms with van der Waals surface area (Å²) in [5.41, 5.74) is 1.00. The van der Waals surface area contributed by atoms with Crippen LogP contribution in [-0.2, 0) is 0 Å². The molecule has 0 aliphatic rings. The van der Waals surface area contributed by atoms with Gasteiger partial charge in [-0.25, -0.2) is 13.6 Å². The molecular formula is C19H16F2N2O3. The summed E-state index contributed by atoms with van der Waals surface area (Å²) < 4.78 is 33.0. The predicted octanol–water partition coefficient (Wildman–Crippen LogP) is 5.17. The molecule has 1 unspecified atom stereocenters. The van der Waals surface area contributed by atoms with E-state index in [1.54, 1.807) is 26.0 Å². The number of hydrogen-bond acceptors (Lipinski definition) is 3. The van der Waals surface area contributed by atoms with Crippen molar-refractivity contribution in [1.82, 2.24) is 5.16 Å². The van der Waals surface area contributed by atoms with Crippen molar-refractivity contribution in [3.63, 3.8) is 0 Å². The maximum Gasteiger partial charge on any atom is 0.412 e. The molecule has 0 saturated carbocycles. The Morgan fingerprint density at radius 3 is 2.58 bits per heavy atom. The van der Waals surface area contributed by atoms with Gasteiger partial charge in [-0.1, -0.05) is 35.5 Å². The Kier molecular flexibility index (Phi) is 4.71. The molecular weight excluding hydrogens is 342 g/mol. The fraction of sp³-hybridized carbons (Fsp3) is 0.158. The van der Waals surface area contributed by atoms with Gasteiger partial charge >= 0.3 is 6.09 Å². The van der Waals surface area contributed by atoms with Gasteiger partial charge in [0.25, 0.3) is 0 Å². The Morgan fingerprint density at radius 2 is 1.92 bits per heavy atom. The summed E-state index contributed by atoms with van der Waals surface area (Å²) in [6, 6.07) is 10.6. The molecule has 3 rings (SSSR count). The standard InChI is InChI=1S/C19H16F2N2O3/c1-11-17(18(26-22-11)13-6-5-7-14(20)10-13)23(19(24)25)12(2)15-8-3-4-9-16(15)21/h3-10,12H,1-2H3,(H,24,25). The number of nitrogens with zero attached hydrogens (tertiary/aromatic N) is 2. The first-order valence-electron chi connectivity index (χ1n) is 7.89. The van der Waals surface area contributed by atoms with E-state index in [0.29, 0.717) is 11.3 Å². The smallest absolute Gasteiger partial charge is 0.412 e. The third-order valence-electron chi connectivity index (χ3n) is 4.11.